The summed E-state index contributed by atoms with van der Waals surface area (Å²) < 4.78 is 0. The monoisotopic (exact) mass is 169 g/mol. The number of hydrogen-bond donors (Lipinski definition) is 1. The molecular weight excluding hydrogens is 154 g/mol. The highest BCUT2D eigenvalue weighted by Crippen LogP contribution is 2.41. The number of fused-ring (bicyclic) bond motifs is 1. The summed E-state index contributed by atoms with van der Waals surface area (Å²) in [7, 11) is 0. The summed E-state index contributed by atoms with van der Waals surface area (Å²) in [5, 5.41) is 4.27. The van der Waals surface area contributed by atoms with E-state index < -0.39 is 0 Å². The van der Waals surface area contributed by atoms with Crippen LogP contribution in [0.3, 0.4) is 0 Å². The predicted octanol–water partition coefficient (Wildman–Crippen LogP) is 1.86. The van der Waals surface area contributed by atoms with Crippen molar-refractivity contribution in [2.75, 3.05) is 13.1 Å². The van der Waals surface area contributed by atoms with Crippen LogP contribution in [0.2, 0.25) is 0 Å². The van der Waals surface area contributed by atoms with Crippen LogP contribution in [0.25, 0.3) is 0 Å². The second-order valence-electron chi connectivity index (χ2n) is 3.70. The van der Waals surface area contributed by atoms with Gasteiger partial charge in [-0.05, 0) is 10.8 Å². The molecule has 2 aliphatic heterocycles. The molecule has 1 saturated heterocycles. The second kappa shape index (κ2) is 2.83. The van der Waals surface area contributed by atoms with Crippen LogP contribution in [0.1, 0.15) is 13.8 Å². The van der Waals surface area contributed by atoms with Gasteiger partial charge in [-0.2, -0.15) is 0 Å². The molecule has 2 heteroatoms. The van der Waals surface area contributed by atoms with Crippen LogP contribution in [0, 0.1) is 11.8 Å². The van der Waals surface area contributed by atoms with Crippen molar-refractivity contribution in [3.8, 4) is 0 Å². The van der Waals surface area contributed by atoms with Crippen molar-refractivity contribution in [3.63, 3.8) is 0 Å². The van der Waals surface area contributed by atoms with E-state index in [0.717, 1.165) is 17.1 Å². The Kier molecular flexibility index (Phi) is 1.98. The molecule has 2 aliphatic rings. The molecule has 0 aromatic heterocycles. The van der Waals surface area contributed by atoms with Crippen LogP contribution in [0.4, 0.5) is 0 Å². The van der Waals surface area contributed by atoms with Crippen molar-refractivity contribution >= 4 is 11.8 Å². The smallest absolute Gasteiger partial charge is 0.0291 e. The van der Waals surface area contributed by atoms with Crippen LogP contribution in [-0.2, 0) is 0 Å². The number of rotatable bonds is 1. The third-order valence-corrected chi connectivity index (χ3v) is 4.14. The van der Waals surface area contributed by atoms with Crippen LogP contribution < -0.4 is 5.32 Å². The number of nitrogens with one attached hydrogen (secondary N) is 1. The zero-order valence-corrected chi connectivity index (χ0v) is 7.95. The van der Waals surface area contributed by atoms with Gasteiger partial charge in [0.25, 0.3) is 0 Å². The first-order chi connectivity index (χ1) is 5.27. The van der Waals surface area contributed by atoms with E-state index >= 15 is 0 Å². The quantitative estimate of drug-likeness (QED) is 0.643. The van der Waals surface area contributed by atoms with Gasteiger partial charge >= 0.3 is 0 Å². The molecule has 2 atom stereocenters. The first-order valence-electron chi connectivity index (χ1n) is 4.36. The molecule has 0 amide bonds. The summed E-state index contributed by atoms with van der Waals surface area (Å²) >= 11 is 2.09. The molecule has 1 fully saturated rings. The Morgan fingerprint density at radius 2 is 2.36 bits per heavy atom. The van der Waals surface area contributed by atoms with Crippen molar-refractivity contribution in [3.05, 3.63) is 11.0 Å². The highest BCUT2D eigenvalue weighted by molar-refractivity contribution is 8.04. The number of allylic oxidation sites excluding steroid dienone is 1. The fourth-order valence-corrected chi connectivity index (χ4v) is 3.15. The first-order valence-corrected chi connectivity index (χ1v) is 5.24. The second-order valence-corrected chi connectivity index (χ2v) is 5.01. The highest BCUT2D eigenvalue weighted by Gasteiger charge is 2.32. The average Bonchev–Trinajstić information content (AvgIpc) is 2.40. The summed E-state index contributed by atoms with van der Waals surface area (Å²) in [6.45, 7) is 6.98. The van der Waals surface area contributed by atoms with Gasteiger partial charge in [0, 0.05) is 24.3 Å². The fourth-order valence-electron chi connectivity index (χ4n) is 1.72. The molecule has 11 heavy (non-hydrogen) atoms. The largest absolute Gasteiger partial charge is 0.315 e. The summed E-state index contributed by atoms with van der Waals surface area (Å²) in [4.78, 5) is 1.61. The average molecular weight is 169 g/mol. The molecule has 0 aromatic rings. The maximum absolute atomic E-state index is 3.42. The van der Waals surface area contributed by atoms with E-state index in [9.17, 15) is 0 Å². The lowest BCUT2D eigenvalue weighted by Gasteiger charge is -2.07. The minimum atomic E-state index is 0.741. The molecule has 0 aliphatic carbocycles. The van der Waals surface area contributed by atoms with E-state index in [4.69, 9.17) is 0 Å². The lowest BCUT2D eigenvalue weighted by molar-refractivity contribution is 0.734. The van der Waals surface area contributed by atoms with Crippen molar-refractivity contribution in [2.45, 2.75) is 19.1 Å². The zero-order chi connectivity index (χ0) is 7.84. The zero-order valence-electron chi connectivity index (χ0n) is 7.13. The molecule has 0 aromatic carbocycles. The molecule has 2 heterocycles. The number of hydrogen-bond acceptors (Lipinski definition) is 2. The van der Waals surface area contributed by atoms with Crippen molar-refractivity contribution in [2.24, 2.45) is 11.8 Å². The van der Waals surface area contributed by atoms with Gasteiger partial charge in [-0.15, -0.1) is 11.8 Å². The lowest BCUT2D eigenvalue weighted by atomic mass is 10.1. The highest BCUT2D eigenvalue weighted by atomic mass is 32.2. The molecule has 0 radical (unpaired) electrons. The van der Waals surface area contributed by atoms with E-state index in [1.807, 2.05) is 0 Å². The van der Waals surface area contributed by atoms with E-state index in [1.54, 1.807) is 4.91 Å². The molecule has 1 nitrogen and oxygen atoms in total. The molecule has 62 valence electrons. The molecule has 2 unspecified atom stereocenters. The third kappa shape index (κ3) is 1.34. The van der Waals surface area contributed by atoms with Gasteiger partial charge in [0.05, 0.1) is 0 Å². The summed E-state index contributed by atoms with van der Waals surface area (Å²) in [5.41, 5.74) is 0. The van der Waals surface area contributed by atoms with Gasteiger partial charge in [-0.25, -0.2) is 0 Å². The van der Waals surface area contributed by atoms with Crippen LogP contribution in [0.5, 0.6) is 0 Å². The molecule has 2 rings (SSSR count). The Hall–Kier alpha value is 0.0500. The minimum Gasteiger partial charge on any atom is -0.315 e. The van der Waals surface area contributed by atoms with Crippen molar-refractivity contribution in [1.82, 2.24) is 5.32 Å². The van der Waals surface area contributed by atoms with Gasteiger partial charge in [-0.3, -0.25) is 0 Å². The maximum Gasteiger partial charge on any atom is 0.0291 e. The SMILES string of the molecule is CC(C)C1=CC2CNCC2S1. The molecular formula is C9H15NS. The van der Waals surface area contributed by atoms with E-state index in [-0.39, 0.29) is 0 Å². The van der Waals surface area contributed by atoms with Gasteiger partial charge < -0.3 is 5.32 Å². The van der Waals surface area contributed by atoms with Crippen LogP contribution in [0.15, 0.2) is 11.0 Å². The molecule has 0 saturated carbocycles. The Morgan fingerprint density at radius 1 is 1.55 bits per heavy atom. The number of thioether (sulfide) groups is 1. The normalized spacial score (nSPS) is 36.1. The summed E-state index contributed by atoms with van der Waals surface area (Å²) in [5.74, 6) is 1.57. The van der Waals surface area contributed by atoms with Gasteiger partial charge in [0.15, 0.2) is 0 Å². The molecule has 0 spiro atoms. The Morgan fingerprint density at radius 3 is 3.00 bits per heavy atom. The fraction of sp³-hybridized carbons (Fsp3) is 0.778. The summed E-state index contributed by atoms with van der Waals surface area (Å²) in [6, 6.07) is 0. The van der Waals surface area contributed by atoms with Gasteiger partial charge in [0.2, 0.25) is 0 Å². The van der Waals surface area contributed by atoms with E-state index in [0.29, 0.717) is 0 Å². The van der Waals surface area contributed by atoms with Gasteiger partial charge in [0.1, 0.15) is 0 Å². The molecule has 0 bridgehead atoms. The maximum atomic E-state index is 3.42. The predicted molar refractivity (Wildman–Crippen MR) is 50.7 cm³/mol. The van der Waals surface area contributed by atoms with Gasteiger partial charge in [-0.1, -0.05) is 19.9 Å². The van der Waals surface area contributed by atoms with Crippen molar-refractivity contribution < 1.29 is 0 Å². The van der Waals surface area contributed by atoms with Crippen molar-refractivity contribution in [1.29, 1.82) is 0 Å². The standard InChI is InChI=1S/C9H15NS/c1-6(2)8-3-7-4-10-5-9(7)11-8/h3,6-7,9-10H,4-5H2,1-2H3. The first kappa shape index (κ1) is 7.69. The van der Waals surface area contributed by atoms with Crippen LogP contribution >= 0.6 is 11.8 Å². The van der Waals surface area contributed by atoms with E-state index in [2.05, 4.69) is 37.0 Å². The Balaban J connectivity index is 2.07. The topological polar surface area (TPSA) is 12.0 Å². The third-order valence-electron chi connectivity index (χ3n) is 2.44. The van der Waals surface area contributed by atoms with E-state index in [1.165, 1.54) is 13.1 Å². The minimum absolute atomic E-state index is 0.741. The van der Waals surface area contributed by atoms with Crippen LogP contribution in [-0.4, -0.2) is 18.3 Å². The molecule has 1 N–H and O–H groups in total. The lowest BCUT2D eigenvalue weighted by Crippen LogP contribution is -2.10. The Bertz CT molecular complexity index is 186. The Labute approximate surface area is 72.6 Å². The summed E-state index contributed by atoms with van der Waals surface area (Å²) in [6.07, 6.45) is 2.47.